The van der Waals surface area contributed by atoms with Gasteiger partial charge in [-0.3, -0.25) is 4.68 Å². The Balaban J connectivity index is 2.21. The highest BCUT2D eigenvalue weighted by Gasteiger charge is 2.34. The van der Waals surface area contributed by atoms with E-state index in [0.717, 1.165) is 35.2 Å². The van der Waals surface area contributed by atoms with Gasteiger partial charge in [-0.2, -0.15) is 5.10 Å². The maximum absolute atomic E-state index is 12.1. The predicted octanol–water partition coefficient (Wildman–Crippen LogP) is 1.81. The summed E-state index contributed by atoms with van der Waals surface area (Å²) in [4.78, 5) is 0. The third-order valence-corrected chi connectivity index (χ3v) is 7.39. The van der Waals surface area contributed by atoms with Crippen molar-refractivity contribution in [1.82, 2.24) is 9.78 Å². The fourth-order valence-electron chi connectivity index (χ4n) is 2.88. The molecule has 2 unspecified atom stereocenters. The molecule has 0 aromatic carbocycles. The Labute approximate surface area is 129 Å². The second-order valence-electron chi connectivity index (χ2n) is 5.43. The normalized spacial score (nSPS) is 23.7. The molecule has 2 rings (SSSR count). The number of nitrogens with zero attached hydrogens (tertiary/aromatic N) is 2. The van der Waals surface area contributed by atoms with Crippen LogP contribution < -0.4 is 5.73 Å². The second kappa shape index (κ2) is 6.15. The van der Waals surface area contributed by atoms with Gasteiger partial charge in [-0.1, -0.05) is 6.42 Å². The molecule has 114 valence electrons. The Morgan fingerprint density at radius 2 is 2.20 bits per heavy atom. The van der Waals surface area contributed by atoms with Crippen LogP contribution in [-0.2, 0) is 22.8 Å². The first-order chi connectivity index (χ1) is 9.36. The lowest BCUT2D eigenvalue weighted by atomic mass is 10.0. The van der Waals surface area contributed by atoms with Gasteiger partial charge in [-0.05, 0) is 42.6 Å². The van der Waals surface area contributed by atoms with E-state index < -0.39 is 15.1 Å². The summed E-state index contributed by atoms with van der Waals surface area (Å²) < 4.78 is 27.1. The first kappa shape index (κ1) is 16.0. The van der Waals surface area contributed by atoms with E-state index in [-0.39, 0.29) is 11.8 Å². The summed E-state index contributed by atoms with van der Waals surface area (Å²) in [7, 11) is -3.04. The summed E-state index contributed by atoms with van der Waals surface area (Å²) in [6.45, 7) is 4.71. The van der Waals surface area contributed by atoms with Gasteiger partial charge in [0.05, 0.1) is 26.9 Å². The molecule has 0 saturated carbocycles. The molecule has 0 amide bonds. The molecule has 1 aromatic heterocycles. The molecule has 0 spiro atoms. The molecule has 0 radical (unpaired) electrons. The Kier molecular flexibility index (Phi) is 4.92. The quantitative estimate of drug-likeness (QED) is 0.884. The number of rotatable bonds is 4. The lowest BCUT2D eigenvalue weighted by Crippen LogP contribution is -2.45. The Morgan fingerprint density at radius 1 is 1.50 bits per heavy atom. The molecule has 0 bridgehead atoms. The van der Waals surface area contributed by atoms with Gasteiger partial charge in [0.2, 0.25) is 0 Å². The fourth-order valence-corrected chi connectivity index (χ4v) is 5.39. The highest BCUT2D eigenvalue weighted by atomic mass is 79.9. The zero-order chi connectivity index (χ0) is 14.9. The van der Waals surface area contributed by atoms with E-state index in [1.165, 1.54) is 0 Å². The summed E-state index contributed by atoms with van der Waals surface area (Å²) in [6.07, 6.45) is 2.94. The predicted molar refractivity (Wildman–Crippen MR) is 83.4 cm³/mol. The van der Waals surface area contributed by atoms with E-state index in [1.54, 1.807) is 0 Å². The van der Waals surface area contributed by atoms with Crippen LogP contribution in [0.3, 0.4) is 0 Å². The van der Waals surface area contributed by atoms with Crippen LogP contribution >= 0.6 is 15.9 Å². The molecule has 1 aromatic rings. The lowest BCUT2D eigenvalue weighted by Gasteiger charge is -2.27. The summed E-state index contributed by atoms with van der Waals surface area (Å²) in [5, 5.41) is 4.01. The first-order valence-electron chi connectivity index (χ1n) is 7.05. The maximum Gasteiger partial charge on any atom is 0.154 e. The van der Waals surface area contributed by atoms with Crippen LogP contribution in [-0.4, -0.2) is 35.2 Å². The zero-order valence-electron chi connectivity index (χ0n) is 12.0. The molecular weight excluding hydrogens is 342 g/mol. The number of hydrogen-bond acceptors (Lipinski definition) is 4. The topological polar surface area (TPSA) is 78.0 Å². The van der Waals surface area contributed by atoms with E-state index in [1.807, 2.05) is 18.5 Å². The smallest absolute Gasteiger partial charge is 0.154 e. The number of halogens is 1. The summed E-state index contributed by atoms with van der Waals surface area (Å²) in [5.41, 5.74) is 8.13. The zero-order valence-corrected chi connectivity index (χ0v) is 14.4. The van der Waals surface area contributed by atoms with Crippen molar-refractivity contribution in [3.63, 3.8) is 0 Å². The average Bonchev–Trinajstić information content (AvgIpc) is 2.65. The fraction of sp³-hybridized carbons (Fsp3) is 0.769. The molecule has 2 atom stereocenters. The van der Waals surface area contributed by atoms with Crippen molar-refractivity contribution >= 4 is 25.8 Å². The number of aryl methyl sites for hydroxylation is 2. The van der Waals surface area contributed by atoms with Gasteiger partial charge in [-0.25, -0.2) is 8.42 Å². The van der Waals surface area contributed by atoms with Crippen molar-refractivity contribution in [3.05, 3.63) is 15.9 Å². The molecule has 1 saturated heterocycles. The van der Waals surface area contributed by atoms with Crippen molar-refractivity contribution in [1.29, 1.82) is 0 Å². The Bertz CT molecular complexity index is 583. The monoisotopic (exact) mass is 363 g/mol. The maximum atomic E-state index is 12.1. The van der Waals surface area contributed by atoms with Crippen LogP contribution in [0.2, 0.25) is 0 Å². The lowest BCUT2D eigenvalue weighted by molar-refractivity contribution is 0.484. The highest BCUT2D eigenvalue weighted by Crippen LogP contribution is 2.27. The molecule has 2 N–H and O–H groups in total. The van der Waals surface area contributed by atoms with Crippen LogP contribution in [0.4, 0.5) is 0 Å². The third-order valence-electron chi connectivity index (χ3n) is 3.99. The van der Waals surface area contributed by atoms with E-state index in [2.05, 4.69) is 21.0 Å². The second-order valence-corrected chi connectivity index (χ2v) is 8.56. The largest absolute Gasteiger partial charge is 0.326 e. The number of nitrogens with two attached hydrogens (primary N) is 1. The molecule has 1 aliphatic heterocycles. The highest BCUT2D eigenvalue weighted by molar-refractivity contribution is 9.10. The van der Waals surface area contributed by atoms with E-state index in [4.69, 9.17) is 5.73 Å². The van der Waals surface area contributed by atoms with Crippen LogP contribution in [0.1, 0.15) is 37.6 Å². The minimum atomic E-state index is -3.04. The minimum Gasteiger partial charge on any atom is -0.326 e. The van der Waals surface area contributed by atoms with Gasteiger partial charge in [0.1, 0.15) is 0 Å². The average molecular weight is 364 g/mol. The Morgan fingerprint density at radius 3 is 2.80 bits per heavy atom. The standard InChI is InChI=1S/C13H22BrN3O2S/c1-3-17-11(13(14)9(2)16-17)8-10(15)12-6-4-5-7-20(12,18)19/h10,12H,3-8,15H2,1-2H3. The van der Waals surface area contributed by atoms with Gasteiger partial charge < -0.3 is 5.73 Å². The summed E-state index contributed by atoms with van der Waals surface area (Å²) >= 11 is 3.53. The van der Waals surface area contributed by atoms with Gasteiger partial charge >= 0.3 is 0 Å². The van der Waals surface area contributed by atoms with Crippen LogP contribution in [0.25, 0.3) is 0 Å². The molecule has 20 heavy (non-hydrogen) atoms. The number of hydrogen-bond donors (Lipinski definition) is 1. The van der Waals surface area contributed by atoms with Crippen molar-refractivity contribution in [3.8, 4) is 0 Å². The third kappa shape index (κ3) is 3.09. The molecule has 2 heterocycles. The molecular formula is C13H22BrN3O2S. The Hall–Kier alpha value is -0.400. The molecule has 1 aliphatic rings. The van der Waals surface area contributed by atoms with Crippen LogP contribution in [0, 0.1) is 6.92 Å². The molecule has 0 aliphatic carbocycles. The molecule has 5 nitrogen and oxygen atoms in total. The van der Waals surface area contributed by atoms with Crippen molar-refractivity contribution in [2.45, 2.75) is 57.4 Å². The molecule has 7 heteroatoms. The minimum absolute atomic E-state index is 0.276. The van der Waals surface area contributed by atoms with Gasteiger partial charge in [0.25, 0.3) is 0 Å². The van der Waals surface area contributed by atoms with E-state index >= 15 is 0 Å². The molecule has 1 fully saturated rings. The van der Waals surface area contributed by atoms with Crippen LogP contribution in [0.5, 0.6) is 0 Å². The van der Waals surface area contributed by atoms with Gasteiger partial charge in [-0.15, -0.1) is 0 Å². The first-order valence-corrected chi connectivity index (χ1v) is 9.56. The SMILES string of the molecule is CCn1nc(C)c(Br)c1CC(N)C1CCCCS1(=O)=O. The summed E-state index contributed by atoms with van der Waals surface area (Å²) in [5.74, 6) is 0.276. The van der Waals surface area contributed by atoms with Crippen molar-refractivity contribution in [2.24, 2.45) is 5.73 Å². The van der Waals surface area contributed by atoms with Crippen molar-refractivity contribution in [2.75, 3.05) is 5.75 Å². The summed E-state index contributed by atoms with van der Waals surface area (Å²) in [6, 6.07) is -0.363. The van der Waals surface area contributed by atoms with E-state index in [9.17, 15) is 8.42 Å². The van der Waals surface area contributed by atoms with Crippen molar-refractivity contribution < 1.29 is 8.42 Å². The number of aromatic nitrogens is 2. The van der Waals surface area contributed by atoms with Crippen LogP contribution in [0.15, 0.2) is 4.47 Å². The van der Waals surface area contributed by atoms with Gasteiger partial charge in [0, 0.05) is 19.0 Å². The van der Waals surface area contributed by atoms with Gasteiger partial charge in [0.15, 0.2) is 9.84 Å². The number of sulfone groups is 1. The van der Waals surface area contributed by atoms with E-state index in [0.29, 0.717) is 12.8 Å².